The first-order valence-corrected chi connectivity index (χ1v) is 7.36. The fourth-order valence-electron chi connectivity index (χ4n) is 1.93. The van der Waals surface area contributed by atoms with E-state index in [2.05, 4.69) is 39.4 Å². The van der Waals surface area contributed by atoms with Crippen LogP contribution in [0.1, 0.15) is 31.7 Å². The molecule has 2 heterocycles. The maximum absolute atomic E-state index is 4.41. The molecule has 112 valence electrons. The minimum absolute atomic E-state index is 0.685. The van der Waals surface area contributed by atoms with Crippen LogP contribution in [-0.4, -0.2) is 21.5 Å². The minimum atomic E-state index is 0.685. The van der Waals surface area contributed by atoms with Crippen molar-refractivity contribution in [1.29, 1.82) is 0 Å². The Morgan fingerprint density at radius 2 is 1.71 bits per heavy atom. The third-order valence-corrected chi connectivity index (χ3v) is 3.09. The number of anilines is 2. The average Bonchev–Trinajstić information content (AvgIpc) is 2.45. The molecule has 0 fully saturated rings. The van der Waals surface area contributed by atoms with Crippen molar-refractivity contribution in [3.8, 4) is 0 Å². The Labute approximate surface area is 126 Å². The Morgan fingerprint density at radius 1 is 1.05 bits per heavy atom. The molecule has 2 N–H and O–H groups in total. The summed E-state index contributed by atoms with van der Waals surface area (Å²) in [5.41, 5.74) is 1.18. The van der Waals surface area contributed by atoms with E-state index in [1.165, 1.54) is 5.56 Å². The Balaban J connectivity index is 1.94. The normalized spacial score (nSPS) is 10.7. The Kier molecular flexibility index (Phi) is 5.49. The van der Waals surface area contributed by atoms with Crippen LogP contribution < -0.4 is 10.6 Å². The molecule has 0 saturated carbocycles. The third kappa shape index (κ3) is 5.38. The van der Waals surface area contributed by atoms with E-state index in [1.54, 1.807) is 12.4 Å². The van der Waals surface area contributed by atoms with Gasteiger partial charge in [0.25, 0.3) is 0 Å². The van der Waals surface area contributed by atoms with Gasteiger partial charge in [0.05, 0.1) is 0 Å². The van der Waals surface area contributed by atoms with Crippen molar-refractivity contribution in [1.82, 2.24) is 15.0 Å². The second kappa shape index (κ2) is 7.57. The SMILES string of the molecule is Cc1nc(NCCC(C)C)cc(NCc2ccncc2)n1. The summed E-state index contributed by atoms with van der Waals surface area (Å²) in [6.07, 6.45) is 4.71. The second-order valence-corrected chi connectivity index (χ2v) is 5.50. The molecule has 0 atom stereocenters. The highest BCUT2D eigenvalue weighted by Gasteiger charge is 2.02. The molecule has 0 aromatic carbocycles. The maximum atomic E-state index is 4.41. The van der Waals surface area contributed by atoms with Gasteiger partial charge < -0.3 is 10.6 Å². The van der Waals surface area contributed by atoms with Gasteiger partial charge in [0, 0.05) is 31.5 Å². The van der Waals surface area contributed by atoms with Gasteiger partial charge in [-0.3, -0.25) is 4.98 Å². The molecular formula is C16H23N5. The van der Waals surface area contributed by atoms with Gasteiger partial charge in [-0.25, -0.2) is 9.97 Å². The van der Waals surface area contributed by atoms with Gasteiger partial charge in [0.15, 0.2) is 0 Å². The van der Waals surface area contributed by atoms with Gasteiger partial charge >= 0.3 is 0 Å². The van der Waals surface area contributed by atoms with E-state index >= 15 is 0 Å². The van der Waals surface area contributed by atoms with Crippen LogP contribution in [0.2, 0.25) is 0 Å². The van der Waals surface area contributed by atoms with E-state index < -0.39 is 0 Å². The van der Waals surface area contributed by atoms with Gasteiger partial charge in [-0.15, -0.1) is 0 Å². The molecule has 2 aromatic heterocycles. The zero-order valence-electron chi connectivity index (χ0n) is 12.9. The number of pyridine rings is 1. The highest BCUT2D eigenvalue weighted by Crippen LogP contribution is 2.13. The number of hydrogen-bond donors (Lipinski definition) is 2. The zero-order chi connectivity index (χ0) is 15.1. The number of rotatable bonds is 7. The molecule has 0 radical (unpaired) electrons. The first-order chi connectivity index (χ1) is 10.1. The summed E-state index contributed by atoms with van der Waals surface area (Å²) in [4.78, 5) is 12.8. The van der Waals surface area contributed by atoms with Crippen LogP contribution in [0.25, 0.3) is 0 Å². The first-order valence-electron chi connectivity index (χ1n) is 7.36. The highest BCUT2D eigenvalue weighted by atomic mass is 15.1. The van der Waals surface area contributed by atoms with Gasteiger partial charge in [0.1, 0.15) is 17.5 Å². The molecule has 5 heteroatoms. The summed E-state index contributed by atoms with van der Waals surface area (Å²) in [7, 11) is 0. The largest absolute Gasteiger partial charge is 0.370 e. The lowest BCUT2D eigenvalue weighted by Gasteiger charge is -2.11. The summed E-state index contributed by atoms with van der Waals surface area (Å²) in [5, 5.41) is 6.68. The first kappa shape index (κ1) is 15.2. The lowest BCUT2D eigenvalue weighted by atomic mass is 10.1. The molecule has 2 aromatic rings. The molecule has 0 bridgehead atoms. The molecule has 0 aliphatic rings. The molecule has 0 aliphatic carbocycles. The quantitative estimate of drug-likeness (QED) is 0.817. The van der Waals surface area contributed by atoms with E-state index in [0.29, 0.717) is 5.92 Å². The van der Waals surface area contributed by atoms with Gasteiger partial charge in [-0.2, -0.15) is 0 Å². The molecule has 0 amide bonds. The lowest BCUT2D eigenvalue weighted by molar-refractivity contribution is 0.606. The monoisotopic (exact) mass is 285 g/mol. The van der Waals surface area contributed by atoms with E-state index in [9.17, 15) is 0 Å². The van der Waals surface area contributed by atoms with Crippen molar-refractivity contribution in [2.24, 2.45) is 5.92 Å². The van der Waals surface area contributed by atoms with Crippen molar-refractivity contribution < 1.29 is 0 Å². The zero-order valence-corrected chi connectivity index (χ0v) is 12.9. The maximum Gasteiger partial charge on any atom is 0.132 e. The van der Waals surface area contributed by atoms with Gasteiger partial charge in [0.2, 0.25) is 0 Å². The van der Waals surface area contributed by atoms with Crippen molar-refractivity contribution >= 4 is 11.6 Å². The molecular weight excluding hydrogens is 262 g/mol. The van der Waals surface area contributed by atoms with Crippen molar-refractivity contribution in [2.45, 2.75) is 33.7 Å². The number of nitrogens with zero attached hydrogens (tertiary/aromatic N) is 3. The summed E-state index contributed by atoms with van der Waals surface area (Å²) >= 11 is 0. The Bertz CT molecular complexity index is 554. The molecule has 5 nitrogen and oxygen atoms in total. The average molecular weight is 285 g/mol. The van der Waals surface area contributed by atoms with Crippen LogP contribution in [-0.2, 0) is 6.54 Å². The molecule has 0 spiro atoms. The fourth-order valence-corrected chi connectivity index (χ4v) is 1.93. The number of aryl methyl sites for hydroxylation is 1. The number of hydrogen-bond acceptors (Lipinski definition) is 5. The van der Waals surface area contributed by atoms with Crippen molar-refractivity contribution in [3.63, 3.8) is 0 Å². The van der Waals surface area contributed by atoms with Gasteiger partial charge in [-0.05, 0) is 37.0 Å². The third-order valence-electron chi connectivity index (χ3n) is 3.09. The van der Waals surface area contributed by atoms with Gasteiger partial charge in [-0.1, -0.05) is 13.8 Å². The summed E-state index contributed by atoms with van der Waals surface area (Å²) in [6, 6.07) is 5.93. The summed E-state index contributed by atoms with van der Waals surface area (Å²) in [5.74, 6) is 3.17. The molecule has 21 heavy (non-hydrogen) atoms. The predicted octanol–water partition coefficient (Wildman–Crippen LogP) is 3.25. The minimum Gasteiger partial charge on any atom is -0.370 e. The molecule has 0 aliphatic heterocycles. The van der Waals surface area contributed by atoms with Crippen LogP contribution in [0.3, 0.4) is 0 Å². The standard InChI is InChI=1S/C16H23N5/c1-12(2)4-9-18-15-10-16(21-13(3)20-15)19-11-14-5-7-17-8-6-14/h5-8,10,12H,4,9,11H2,1-3H3,(H2,18,19,20,21). The van der Waals surface area contributed by atoms with Crippen molar-refractivity contribution in [2.75, 3.05) is 17.2 Å². The van der Waals surface area contributed by atoms with Crippen LogP contribution in [0, 0.1) is 12.8 Å². The van der Waals surface area contributed by atoms with Crippen LogP contribution in [0.4, 0.5) is 11.6 Å². The van der Waals surface area contributed by atoms with E-state index in [1.807, 2.05) is 25.1 Å². The van der Waals surface area contributed by atoms with Crippen LogP contribution >= 0.6 is 0 Å². The Hall–Kier alpha value is -2.17. The number of aromatic nitrogens is 3. The van der Waals surface area contributed by atoms with E-state index in [-0.39, 0.29) is 0 Å². The second-order valence-electron chi connectivity index (χ2n) is 5.50. The smallest absolute Gasteiger partial charge is 0.132 e. The van der Waals surface area contributed by atoms with E-state index in [4.69, 9.17) is 0 Å². The van der Waals surface area contributed by atoms with Crippen molar-refractivity contribution in [3.05, 3.63) is 42.0 Å². The van der Waals surface area contributed by atoms with Crippen LogP contribution in [0.15, 0.2) is 30.6 Å². The molecule has 2 rings (SSSR count). The number of nitrogens with one attached hydrogen (secondary N) is 2. The van der Waals surface area contributed by atoms with E-state index in [0.717, 1.165) is 37.0 Å². The molecule has 0 saturated heterocycles. The summed E-state index contributed by atoms with van der Waals surface area (Å²) in [6.45, 7) is 8.00. The highest BCUT2D eigenvalue weighted by molar-refractivity contribution is 5.47. The Morgan fingerprint density at radius 3 is 2.38 bits per heavy atom. The molecule has 0 unspecified atom stereocenters. The summed E-state index contributed by atoms with van der Waals surface area (Å²) < 4.78 is 0. The lowest BCUT2D eigenvalue weighted by Crippen LogP contribution is -2.09. The van der Waals surface area contributed by atoms with Crippen LogP contribution in [0.5, 0.6) is 0 Å². The topological polar surface area (TPSA) is 62.7 Å². The predicted molar refractivity (Wildman–Crippen MR) is 86.3 cm³/mol. The fraction of sp³-hybridized carbons (Fsp3) is 0.438.